The van der Waals surface area contributed by atoms with Crippen LogP contribution in [0.15, 0.2) is 11.6 Å². The van der Waals surface area contributed by atoms with Crippen molar-refractivity contribution in [3.8, 4) is 0 Å². The van der Waals surface area contributed by atoms with Crippen molar-refractivity contribution in [2.75, 3.05) is 13.2 Å². The van der Waals surface area contributed by atoms with E-state index in [-0.39, 0.29) is 11.6 Å². The zero-order valence-corrected chi connectivity index (χ0v) is 11.8. The molecule has 0 aliphatic carbocycles. The van der Waals surface area contributed by atoms with Crippen LogP contribution in [0.5, 0.6) is 0 Å². The molecular formula is C12H22N2O2S. The Balaban J connectivity index is 2.34. The number of hydrogen-bond donors (Lipinski definition) is 2. The number of rotatable bonds is 7. The molecule has 1 aromatic heterocycles. The van der Waals surface area contributed by atoms with Gasteiger partial charge in [0.2, 0.25) is 0 Å². The third-order valence-corrected chi connectivity index (χ3v) is 3.47. The van der Waals surface area contributed by atoms with Gasteiger partial charge in [-0.2, -0.15) is 0 Å². The zero-order chi connectivity index (χ0) is 12.9. The van der Waals surface area contributed by atoms with Crippen LogP contribution in [0.2, 0.25) is 0 Å². The standard InChI is InChI=1S/C12H22N2O2S/c1-9(2)16-8-10(15)7-14-12(3,4)11-13-5-6-17-11/h5-6,9-10,14-15H,7-8H2,1-4H3/t10-/m1/s1. The quantitative estimate of drug-likeness (QED) is 0.782. The lowest BCUT2D eigenvalue weighted by molar-refractivity contribution is 0.00394. The lowest BCUT2D eigenvalue weighted by Gasteiger charge is -2.25. The maximum atomic E-state index is 9.75. The van der Waals surface area contributed by atoms with E-state index in [0.717, 1.165) is 5.01 Å². The summed E-state index contributed by atoms with van der Waals surface area (Å²) in [6, 6.07) is 0. The number of hydrogen-bond acceptors (Lipinski definition) is 5. The van der Waals surface area contributed by atoms with Crippen LogP contribution in [-0.2, 0) is 10.3 Å². The van der Waals surface area contributed by atoms with Crippen molar-refractivity contribution < 1.29 is 9.84 Å². The molecule has 0 saturated carbocycles. The van der Waals surface area contributed by atoms with Crippen molar-refractivity contribution in [1.82, 2.24) is 10.3 Å². The van der Waals surface area contributed by atoms with Gasteiger partial charge in [0, 0.05) is 18.1 Å². The number of thiazole rings is 1. The second-order valence-electron chi connectivity index (χ2n) is 4.88. The highest BCUT2D eigenvalue weighted by molar-refractivity contribution is 7.09. The van der Waals surface area contributed by atoms with E-state index < -0.39 is 6.10 Å². The molecule has 17 heavy (non-hydrogen) atoms. The van der Waals surface area contributed by atoms with Gasteiger partial charge in [0.15, 0.2) is 0 Å². The van der Waals surface area contributed by atoms with Crippen LogP contribution in [-0.4, -0.2) is 35.5 Å². The summed E-state index contributed by atoms with van der Waals surface area (Å²) in [5.74, 6) is 0. The highest BCUT2D eigenvalue weighted by atomic mass is 32.1. The van der Waals surface area contributed by atoms with E-state index >= 15 is 0 Å². The van der Waals surface area contributed by atoms with Gasteiger partial charge in [0.1, 0.15) is 5.01 Å². The molecule has 1 heterocycles. The number of ether oxygens (including phenoxy) is 1. The maximum Gasteiger partial charge on any atom is 0.112 e. The number of nitrogens with zero attached hydrogens (tertiary/aromatic N) is 1. The lowest BCUT2D eigenvalue weighted by atomic mass is 10.1. The number of aromatic nitrogens is 1. The second-order valence-corrected chi connectivity index (χ2v) is 5.77. The maximum absolute atomic E-state index is 9.75. The van der Waals surface area contributed by atoms with E-state index in [1.54, 1.807) is 17.5 Å². The molecule has 0 saturated heterocycles. The van der Waals surface area contributed by atoms with Crippen molar-refractivity contribution >= 4 is 11.3 Å². The van der Waals surface area contributed by atoms with Crippen LogP contribution in [0.4, 0.5) is 0 Å². The minimum atomic E-state index is -0.489. The van der Waals surface area contributed by atoms with Crippen LogP contribution < -0.4 is 5.32 Å². The Morgan fingerprint density at radius 3 is 2.76 bits per heavy atom. The molecule has 0 fully saturated rings. The van der Waals surface area contributed by atoms with E-state index in [1.165, 1.54) is 0 Å². The van der Waals surface area contributed by atoms with Gasteiger partial charge in [0.05, 0.1) is 24.4 Å². The van der Waals surface area contributed by atoms with Crippen molar-refractivity contribution in [2.45, 2.75) is 45.4 Å². The van der Waals surface area contributed by atoms with Crippen molar-refractivity contribution in [1.29, 1.82) is 0 Å². The minimum Gasteiger partial charge on any atom is -0.389 e. The zero-order valence-electron chi connectivity index (χ0n) is 10.9. The molecule has 0 aliphatic rings. The van der Waals surface area contributed by atoms with Crippen molar-refractivity contribution in [3.05, 3.63) is 16.6 Å². The van der Waals surface area contributed by atoms with Gasteiger partial charge >= 0.3 is 0 Å². The summed E-state index contributed by atoms with van der Waals surface area (Å²) in [6.07, 6.45) is 1.45. The summed E-state index contributed by atoms with van der Waals surface area (Å²) < 4.78 is 5.36. The third kappa shape index (κ3) is 5.12. The highest BCUT2D eigenvalue weighted by Gasteiger charge is 2.23. The summed E-state index contributed by atoms with van der Waals surface area (Å²) in [4.78, 5) is 4.28. The third-order valence-electron chi connectivity index (χ3n) is 2.37. The van der Waals surface area contributed by atoms with E-state index in [0.29, 0.717) is 13.2 Å². The Morgan fingerprint density at radius 2 is 2.24 bits per heavy atom. The van der Waals surface area contributed by atoms with Gasteiger partial charge in [-0.3, -0.25) is 0 Å². The summed E-state index contributed by atoms with van der Waals surface area (Å²) in [5, 5.41) is 16.0. The Hall–Kier alpha value is -0.490. The molecule has 0 spiro atoms. The smallest absolute Gasteiger partial charge is 0.112 e. The van der Waals surface area contributed by atoms with Gasteiger partial charge in [-0.15, -0.1) is 11.3 Å². The van der Waals surface area contributed by atoms with Crippen LogP contribution >= 0.6 is 11.3 Å². The first-order chi connectivity index (χ1) is 7.92. The normalized spacial score (nSPS) is 14.2. The van der Waals surface area contributed by atoms with Gasteiger partial charge < -0.3 is 15.2 Å². The Kier molecular flexibility index (Phi) is 5.52. The Morgan fingerprint density at radius 1 is 1.53 bits per heavy atom. The van der Waals surface area contributed by atoms with Crippen LogP contribution in [0.1, 0.15) is 32.7 Å². The molecule has 0 unspecified atom stereocenters. The summed E-state index contributed by atoms with van der Waals surface area (Å²) in [5.41, 5.74) is -0.215. The molecule has 4 nitrogen and oxygen atoms in total. The Bertz CT molecular complexity index is 312. The lowest BCUT2D eigenvalue weighted by Crippen LogP contribution is -2.42. The van der Waals surface area contributed by atoms with Gasteiger partial charge in [-0.25, -0.2) is 4.98 Å². The predicted octanol–water partition coefficient (Wildman–Crippen LogP) is 1.75. The molecule has 1 aromatic rings. The van der Waals surface area contributed by atoms with E-state index in [4.69, 9.17) is 4.74 Å². The summed E-state index contributed by atoms with van der Waals surface area (Å²) >= 11 is 1.61. The summed E-state index contributed by atoms with van der Waals surface area (Å²) in [7, 11) is 0. The monoisotopic (exact) mass is 258 g/mol. The fourth-order valence-electron chi connectivity index (χ4n) is 1.34. The fraction of sp³-hybridized carbons (Fsp3) is 0.750. The first kappa shape index (κ1) is 14.6. The molecule has 1 atom stereocenters. The molecule has 98 valence electrons. The fourth-order valence-corrected chi connectivity index (χ4v) is 2.08. The molecule has 0 bridgehead atoms. The predicted molar refractivity (Wildman–Crippen MR) is 70.2 cm³/mol. The largest absolute Gasteiger partial charge is 0.389 e. The van der Waals surface area contributed by atoms with E-state index in [1.807, 2.05) is 19.2 Å². The number of nitrogens with one attached hydrogen (secondary N) is 1. The van der Waals surface area contributed by atoms with Gasteiger partial charge in [-0.1, -0.05) is 0 Å². The summed E-state index contributed by atoms with van der Waals surface area (Å²) in [6.45, 7) is 8.89. The molecule has 2 N–H and O–H groups in total. The SMILES string of the molecule is CC(C)OC[C@H](O)CNC(C)(C)c1nccs1. The van der Waals surface area contributed by atoms with Crippen LogP contribution in [0.3, 0.4) is 0 Å². The molecule has 5 heteroatoms. The number of aliphatic hydroxyl groups excluding tert-OH is 1. The molecular weight excluding hydrogens is 236 g/mol. The molecule has 0 aliphatic heterocycles. The Labute approximate surface area is 107 Å². The van der Waals surface area contributed by atoms with Crippen molar-refractivity contribution in [2.24, 2.45) is 0 Å². The molecule has 0 amide bonds. The first-order valence-electron chi connectivity index (χ1n) is 5.86. The van der Waals surface area contributed by atoms with Gasteiger partial charge in [-0.05, 0) is 27.7 Å². The highest BCUT2D eigenvalue weighted by Crippen LogP contribution is 2.21. The van der Waals surface area contributed by atoms with Crippen LogP contribution in [0, 0.1) is 0 Å². The molecule has 0 aromatic carbocycles. The van der Waals surface area contributed by atoms with Gasteiger partial charge in [0.25, 0.3) is 0 Å². The van der Waals surface area contributed by atoms with E-state index in [2.05, 4.69) is 24.1 Å². The first-order valence-corrected chi connectivity index (χ1v) is 6.74. The van der Waals surface area contributed by atoms with Crippen LogP contribution in [0.25, 0.3) is 0 Å². The average Bonchev–Trinajstić information content (AvgIpc) is 2.77. The molecule has 1 rings (SSSR count). The molecule has 0 radical (unpaired) electrons. The average molecular weight is 258 g/mol. The topological polar surface area (TPSA) is 54.4 Å². The second kappa shape index (κ2) is 6.44. The number of aliphatic hydroxyl groups is 1. The minimum absolute atomic E-state index is 0.150. The van der Waals surface area contributed by atoms with E-state index in [9.17, 15) is 5.11 Å². The van der Waals surface area contributed by atoms with Crippen molar-refractivity contribution in [3.63, 3.8) is 0 Å².